The fraction of sp³-hybridized carbons (Fsp3) is 0.704. The fourth-order valence-electron chi connectivity index (χ4n) is 6.73. The van der Waals surface area contributed by atoms with Gasteiger partial charge < -0.3 is 30.9 Å². The summed E-state index contributed by atoms with van der Waals surface area (Å²) in [7, 11) is 0. The normalized spacial score (nSPS) is 16.8. The van der Waals surface area contributed by atoms with E-state index < -0.39 is 82.6 Å². The Hall–Kier alpha value is -5.02. The van der Waals surface area contributed by atoms with Crippen molar-refractivity contribution < 1.29 is 42.3 Å². The van der Waals surface area contributed by atoms with Crippen LogP contribution in [-0.4, -0.2) is 93.0 Å². The third kappa shape index (κ3) is 26.3. The Morgan fingerprint density at radius 1 is 0.800 bits per heavy atom. The molecule has 16 heteroatoms. The summed E-state index contributed by atoms with van der Waals surface area (Å²) in [5.41, 5.74) is -0.929. The first kappa shape index (κ1) is 69.2. The van der Waals surface area contributed by atoms with Crippen molar-refractivity contribution in [1.29, 1.82) is 0 Å². The maximum atomic E-state index is 14.3. The number of nitrogens with zero attached hydrogens (tertiary/aromatic N) is 3. The molecular formula is C54H95F2N7O7. The number of ketones is 1. The number of carbonyl (C=O) groups excluding carboxylic acids is 6. The molecule has 70 heavy (non-hydrogen) atoms. The van der Waals surface area contributed by atoms with E-state index in [1.54, 1.807) is 27.7 Å². The number of hydrogen-bond donors (Lipinski definition) is 4. The number of rotatable bonds is 14. The molecule has 2 heterocycles. The van der Waals surface area contributed by atoms with Gasteiger partial charge in [0, 0.05) is 30.9 Å². The van der Waals surface area contributed by atoms with Gasteiger partial charge in [-0.2, -0.15) is 0 Å². The molecule has 0 spiro atoms. The second kappa shape index (κ2) is 39.7. The molecule has 1 aliphatic heterocycles. The lowest BCUT2D eigenvalue weighted by molar-refractivity contribution is -0.145. The van der Waals surface area contributed by atoms with Crippen LogP contribution in [0.2, 0.25) is 0 Å². The van der Waals surface area contributed by atoms with Crippen molar-refractivity contribution >= 4 is 35.3 Å². The lowest BCUT2D eigenvalue weighted by Gasteiger charge is -2.36. The Kier molecular flexibility index (Phi) is 39.2. The molecule has 2 saturated carbocycles. The van der Waals surface area contributed by atoms with E-state index in [4.69, 9.17) is 4.74 Å². The van der Waals surface area contributed by atoms with E-state index in [9.17, 15) is 37.5 Å². The Bertz CT molecular complexity index is 1750. The summed E-state index contributed by atoms with van der Waals surface area (Å²) in [4.78, 5) is 88.7. The van der Waals surface area contributed by atoms with Crippen molar-refractivity contribution in [1.82, 2.24) is 36.1 Å². The highest BCUT2D eigenvalue weighted by atomic mass is 19.2. The van der Waals surface area contributed by atoms with Gasteiger partial charge >= 0.3 is 0 Å². The largest absolute Gasteiger partial charge is 0.488 e. The number of amides is 5. The first-order valence-corrected chi connectivity index (χ1v) is 26.3. The fourth-order valence-corrected chi connectivity index (χ4v) is 6.73. The van der Waals surface area contributed by atoms with Crippen LogP contribution in [0.3, 0.4) is 0 Å². The topological polar surface area (TPSA) is 189 Å². The van der Waals surface area contributed by atoms with Crippen LogP contribution >= 0.6 is 0 Å². The second-order valence-corrected chi connectivity index (χ2v) is 17.1. The summed E-state index contributed by atoms with van der Waals surface area (Å²) >= 11 is 0. The Balaban J connectivity index is -0.00000192. The average Bonchev–Trinajstić information content (AvgIpc) is 4.09. The summed E-state index contributed by atoms with van der Waals surface area (Å²) < 4.78 is 33.4. The van der Waals surface area contributed by atoms with E-state index in [0.29, 0.717) is 6.42 Å². The van der Waals surface area contributed by atoms with Crippen molar-refractivity contribution in [3.8, 4) is 5.75 Å². The van der Waals surface area contributed by atoms with Crippen LogP contribution in [0.4, 0.5) is 8.78 Å². The van der Waals surface area contributed by atoms with E-state index in [1.165, 1.54) is 75.0 Å². The zero-order chi connectivity index (χ0) is 54.6. The van der Waals surface area contributed by atoms with Gasteiger partial charge in [0.05, 0.1) is 18.8 Å². The number of hydrogen-bond acceptors (Lipinski definition) is 9. The quantitative estimate of drug-likeness (QED) is 0.134. The van der Waals surface area contributed by atoms with Crippen LogP contribution in [0.15, 0.2) is 36.8 Å². The molecule has 5 atom stereocenters. The zero-order valence-electron chi connectivity index (χ0n) is 46.4. The van der Waals surface area contributed by atoms with Gasteiger partial charge in [0.25, 0.3) is 11.8 Å². The first-order chi connectivity index (χ1) is 33.4. The number of likely N-dealkylation sites (tertiary alicyclic amines) is 1. The Morgan fingerprint density at radius 3 is 1.83 bits per heavy atom. The number of ether oxygens (including phenoxy) is 1. The summed E-state index contributed by atoms with van der Waals surface area (Å²) in [5, 5.41) is 10.5. The van der Waals surface area contributed by atoms with Gasteiger partial charge in [-0.3, -0.25) is 33.8 Å². The van der Waals surface area contributed by atoms with Crippen molar-refractivity contribution in [3.05, 3.63) is 54.1 Å². The summed E-state index contributed by atoms with van der Waals surface area (Å²) in [6, 6.07) is -1.85. The number of aromatic nitrogens is 2. The van der Waals surface area contributed by atoms with Crippen LogP contribution in [0.25, 0.3) is 0 Å². The van der Waals surface area contributed by atoms with E-state index >= 15 is 0 Å². The Labute approximate surface area is 421 Å². The summed E-state index contributed by atoms with van der Waals surface area (Å²) in [6.45, 7) is 34.7. The van der Waals surface area contributed by atoms with E-state index in [2.05, 4.69) is 52.0 Å². The standard InChI is InChI=1S/C34H43F2N7O7.C7H14.C3H8.5C2H6/c1-6-7-24(27(44)32(48)40-19-8-9-19)41-31(47)26-15-21(50-20-10-11-22(35)23(36)14-20)17-43(26)33(49)28(34(3,4)5)42-29(45)18(2)39-30(46)25-16-37-12-13-38-25;1-7-5-3-2-4-6-7;1-3-2;5*1-2/h10-14,16,18-19,21,24,26,28H,6-9,15,17H2,1-5H3,(H,39,46)(H,40,48)(H,41,47)(H,42,45);7H,2-6H2,1H3;3H2,1-2H3;5*1-2H3/t18?,21-,24+,26+,28-;;;;;;;/m1......./s1. The van der Waals surface area contributed by atoms with Crippen LogP contribution in [0.5, 0.6) is 5.75 Å². The van der Waals surface area contributed by atoms with Crippen molar-refractivity contribution in [2.45, 2.75) is 232 Å². The molecule has 2 aromatic rings. The maximum absolute atomic E-state index is 14.3. The van der Waals surface area contributed by atoms with E-state index in [1.807, 2.05) is 69.2 Å². The molecule has 4 N–H and O–H groups in total. The predicted molar refractivity (Wildman–Crippen MR) is 279 cm³/mol. The maximum Gasteiger partial charge on any atom is 0.289 e. The molecule has 5 amide bonds. The van der Waals surface area contributed by atoms with Gasteiger partial charge in [-0.15, -0.1) is 0 Å². The minimum atomic E-state index is -1.23. The minimum absolute atomic E-state index is 0.0153. The highest BCUT2D eigenvalue weighted by molar-refractivity contribution is 6.38. The third-order valence-corrected chi connectivity index (χ3v) is 10.2. The molecule has 3 aliphatic rings. The third-order valence-electron chi connectivity index (χ3n) is 10.2. The molecule has 2 aliphatic carbocycles. The van der Waals surface area contributed by atoms with Gasteiger partial charge in [-0.1, -0.05) is 163 Å². The predicted octanol–water partition coefficient (Wildman–Crippen LogP) is 10.7. The molecule has 0 bridgehead atoms. The molecule has 0 radical (unpaired) electrons. The van der Waals surface area contributed by atoms with Gasteiger partial charge in [0.2, 0.25) is 23.5 Å². The highest BCUT2D eigenvalue weighted by Crippen LogP contribution is 2.29. The van der Waals surface area contributed by atoms with Crippen molar-refractivity contribution in [2.24, 2.45) is 11.3 Å². The first-order valence-electron chi connectivity index (χ1n) is 26.3. The monoisotopic (exact) mass is 992 g/mol. The van der Waals surface area contributed by atoms with Gasteiger partial charge in [0.15, 0.2) is 11.6 Å². The van der Waals surface area contributed by atoms with Gasteiger partial charge in [0.1, 0.15) is 35.7 Å². The smallest absolute Gasteiger partial charge is 0.289 e. The molecule has 1 aromatic carbocycles. The van der Waals surface area contributed by atoms with Gasteiger partial charge in [-0.05, 0) is 49.7 Å². The molecule has 1 aromatic heterocycles. The van der Waals surface area contributed by atoms with Crippen LogP contribution in [-0.2, 0) is 24.0 Å². The number of Topliss-reactive ketones (excluding diaryl/α,β-unsaturated/α-hetero) is 1. The van der Waals surface area contributed by atoms with E-state index in [0.717, 1.165) is 30.9 Å². The number of benzene rings is 1. The number of nitrogens with one attached hydrogen (secondary N) is 4. The lowest BCUT2D eigenvalue weighted by atomic mass is 9.85. The van der Waals surface area contributed by atoms with Crippen molar-refractivity contribution in [3.63, 3.8) is 0 Å². The lowest BCUT2D eigenvalue weighted by Crippen LogP contribution is -2.60. The average molecular weight is 992 g/mol. The summed E-state index contributed by atoms with van der Waals surface area (Å²) in [6.07, 6.45) is 13.8. The summed E-state index contributed by atoms with van der Waals surface area (Å²) in [5.74, 6) is -5.60. The molecule has 5 rings (SSSR count). The van der Waals surface area contributed by atoms with Gasteiger partial charge in [-0.25, -0.2) is 13.8 Å². The molecule has 3 fully saturated rings. The minimum Gasteiger partial charge on any atom is -0.488 e. The van der Waals surface area contributed by atoms with Crippen molar-refractivity contribution in [2.75, 3.05) is 6.54 Å². The second-order valence-electron chi connectivity index (χ2n) is 17.1. The van der Waals surface area contributed by atoms with E-state index in [-0.39, 0.29) is 36.9 Å². The molecule has 1 saturated heterocycles. The molecule has 402 valence electrons. The number of halogens is 2. The molecular weight excluding hydrogens is 897 g/mol. The SMILES string of the molecule is CC.CC.CC.CC.CC.CC1CCCCC1.CCC.CCC[C@H](NC(=O)[C@@H]1C[C@@H](Oc2ccc(F)c(F)c2)CN1C(=O)[C@@H](NC(=O)C(C)NC(=O)c1cnccn1)C(C)(C)C)C(=O)C(=O)NC1CC1. The zero-order valence-corrected chi connectivity index (χ0v) is 46.4. The highest BCUT2D eigenvalue weighted by Gasteiger charge is 2.47. The van der Waals surface area contributed by atoms with Crippen LogP contribution < -0.4 is 26.0 Å². The molecule has 14 nitrogen and oxygen atoms in total. The molecule has 1 unspecified atom stereocenters. The number of carbonyl (C=O) groups is 6. The van der Waals surface area contributed by atoms with Crippen LogP contribution in [0.1, 0.15) is 206 Å². The Morgan fingerprint density at radius 2 is 1.37 bits per heavy atom. The van der Waals surface area contributed by atoms with Crippen LogP contribution in [0, 0.1) is 23.0 Å².